The van der Waals surface area contributed by atoms with Gasteiger partial charge in [0.15, 0.2) is 12.1 Å². The number of hydrogen-bond acceptors (Lipinski definition) is 12. The van der Waals surface area contributed by atoms with Gasteiger partial charge in [-0.05, 0) is 0 Å². The minimum atomic E-state index is -1.86. The van der Waals surface area contributed by atoms with Crippen molar-refractivity contribution in [1.82, 2.24) is 0 Å². The fourth-order valence-electron chi connectivity index (χ4n) is 1.22. The van der Waals surface area contributed by atoms with Gasteiger partial charge in [-0.1, -0.05) is 0 Å². The van der Waals surface area contributed by atoms with Gasteiger partial charge in [0.2, 0.25) is 0 Å². The molecule has 0 aromatic rings. The summed E-state index contributed by atoms with van der Waals surface area (Å²) in [6.07, 6.45) is -12.1. The molecule has 12 heteroatoms. The number of aldehydes is 1. The van der Waals surface area contributed by atoms with Crippen molar-refractivity contribution in [3.05, 3.63) is 0 Å². The standard InChI is InChI=1S/2C6H12O6/c2*7-1-3(9)5(11)6(12)4(10)2-8/h3,5-9,11-12H,1-2H2;1,3-6,8-12H,2H2/t3-,5-,6+;3-,4-,5-,6-/m01/s1. The molecule has 0 aliphatic rings. The molecule has 0 aliphatic carbocycles. The third-order valence-corrected chi connectivity index (χ3v) is 2.81. The van der Waals surface area contributed by atoms with E-state index in [9.17, 15) is 9.59 Å². The Bertz CT molecular complexity index is 351. The van der Waals surface area contributed by atoms with Gasteiger partial charge in [0.05, 0.1) is 13.2 Å². The first-order valence-electron chi connectivity index (χ1n) is 6.65. The Hall–Kier alpha value is -1.06. The molecule has 0 heterocycles. The number of rotatable bonds is 10. The molecule has 0 rings (SSSR count). The molecule has 0 radical (unpaired) electrons. The van der Waals surface area contributed by atoms with Crippen molar-refractivity contribution in [1.29, 1.82) is 0 Å². The van der Waals surface area contributed by atoms with Crippen LogP contribution < -0.4 is 0 Å². The summed E-state index contributed by atoms with van der Waals surface area (Å²) in [6.45, 7) is -2.45. The number of hydrogen-bond donors (Lipinski definition) is 10. The van der Waals surface area contributed by atoms with Gasteiger partial charge in [0.1, 0.15) is 49.3 Å². The summed E-state index contributed by atoms with van der Waals surface area (Å²) in [5, 5.41) is 86.6. The van der Waals surface area contributed by atoms with Gasteiger partial charge in [-0.2, -0.15) is 0 Å². The number of aliphatic hydroxyl groups is 10. The molecule has 0 fully saturated rings. The first kappa shape index (κ1) is 25.2. The zero-order valence-corrected chi connectivity index (χ0v) is 12.5. The molecule has 0 spiro atoms. The first-order chi connectivity index (χ1) is 11.1. The monoisotopic (exact) mass is 360 g/mol. The average Bonchev–Trinajstić information content (AvgIpc) is 2.62. The van der Waals surface area contributed by atoms with Crippen molar-refractivity contribution in [2.75, 3.05) is 19.8 Å². The highest BCUT2D eigenvalue weighted by molar-refractivity contribution is 5.84. The lowest BCUT2D eigenvalue weighted by atomic mass is 10.0. The zero-order chi connectivity index (χ0) is 19.4. The highest BCUT2D eigenvalue weighted by Crippen LogP contribution is 2.03. The molecule has 0 saturated carbocycles. The molecular formula is C12H24O12. The summed E-state index contributed by atoms with van der Waals surface area (Å²) in [5.74, 6) is -1.00. The summed E-state index contributed by atoms with van der Waals surface area (Å²) in [6, 6.07) is 0. The predicted molar refractivity (Wildman–Crippen MR) is 74.4 cm³/mol. The maximum absolute atomic E-state index is 10.5. The van der Waals surface area contributed by atoms with Crippen LogP contribution in [0.15, 0.2) is 0 Å². The first-order valence-corrected chi connectivity index (χ1v) is 6.65. The Morgan fingerprint density at radius 2 is 1.17 bits per heavy atom. The lowest BCUT2D eigenvalue weighted by Gasteiger charge is -2.22. The summed E-state index contributed by atoms with van der Waals surface area (Å²) in [4.78, 5) is 20.4. The molecule has 0 saturated heterocycles. The van der Waals surface area contributed by atoms with E-state index in [0.717, 1.165) is 0 Å². The Labute approximate surface area is 136 Å². The molecule has 7 atom stereocenters. The van der Waals surface area contributed by atoms with E-state index in [1.54, 1.807) is 0 Å². The topological polar surface area (TPSA) is 236 Å². The summed E-state index contributed by atoms with van der Waals surface area (Å²) in [7, 11) is 0. The van der Waals surface area contributed by atoms with Crippen LogP contribution in [-0.2, 0) is 9.59 Å². The summed E-state index contributed by atoms with van der Waals surface area (Å²) >= 11 is 0. The van der Waals surface area contributed by atoms with E-state index in [-0.39, 0.29) is 6.29 Å². The quantitative estimate of drug-likeness (QED) is 0.164. The van der Waals surface area contributed by atoms with Gasteiger partial charge in [-0.3, -0.25) is 4.79 Å². The number of ketones is 1. The normalized spacial score (nSPS) is 19.8. The molecule has 144 valence electrons. The van der Waals surface area contributed by atoms with Crippen LogP contribution >= 0.6 is 0 Å². The van der Waals surface area contributed by atoms with Crippen molar-refractivity contribution in [2.45, 2.75) is 42.7 Å². The highest BCUT2D eigenvalue weighted by atomic mass is 16.4. The van der Waals surface area contributed by atoms with Crippen LogP contribution in [-0.4, -0.2) is 126 Å². The van der Waals surface area contributed by atoms with Gasteiger partial charge in [0, 0.05) is 0 Å². The second kappa shape index (κ2) is 13.3. The number of carbonyl (C=O) groups is 2. The largest absolute Gasteiger partial charge is 0.394 e. The average molecular weight is 360 g/mol. The lowest BCUT2D eigenvalue weighted by Crippen LogP contribution is -2.46. The molecule has 0 aromatic carbocycles. The fraction of sp³-hybridized carbons (Fsp3) is 0.833. The molecular weight excluding hydrogens is 336 g/mol. The van der Waals surface area contributed by atoms with Crippen LogP contribution in [0.5, 0.6) is 0 Å². The van der Waals surface area contributed by atoms with Crippen LogP contribution in [0.4, 0.5) is 0 Å². The lowest BCUT2D eigenvalue weighted by molar-refractivity contribution is -0.142. The van der Waals surface area contributed by atoms with Gasteiger partial charge in [0.25, 0.3) is 0 Å². The Balaban J connectivity index is 0. The van der Waals surface area contributed by atoms with E-state index < -0.39 is 68.3 Å². The van der Waals surface area contributed by atoms with Crippen LogP contribution in [0.2, 0.25) is 0 Å². The van der Waals surface area contributed by atoms with Gasteiger partial charge < -0.3 is 55.9 Å². The van der Waals surface area contributed by atoms with Crippen molar-refractivity contribution in [3.63, 3.8) is 0 Å². The van der Waals surface area contributed by atoms with Crippen LogP contribution in [0.3, 0.4) is 0 Å². The summed E-state index contributed by atoms with van der Waals surface area (Å²) < 4.78 is 0. The van der Waals surface area contributed by atoms with Gasteiger partial charge in [-0.15, -0.1) is 0 Å². The molecule has 0 amide bonds. The highest BCUT2D eigenvalue weighted by Gasteiger charge is 2.30. The van der Waals surface area contributed by atoms with Crippen molar-refractivity contribution >= 4 is 12.1 Å². The Morgan fingerprint density at radius 1 is 0.750 bits per heavy atom. The minimum Gasteiger partial charge on any atom is -0.394 e. The van der Waals surface area contributed by atoms with E-state index >= 15 is 0 Å². The number of carbonyl (C=O) groups excluding carboxylic acids is 2. The third kappa shape index (κ3) is 8.70. The number of Topliss-reactive ketones (excluding diaryl/α,β-unsaturated/α-hetero) is 1. The van der Waals surface area contributed by atoms with Crippen LogP contribution in [0, 0.1) is 0 Å². The maximum atomic E-state index is 10.5. The molecule has 10 N–H and O–H groups in total. The molecule has 0 unspecified atom stereocenters. The molecule has 24 heavy (non-hydrogen) atoms. The molecule has 12 nitrogen and oxygen atoms in total. The van der Waals surface area contributed by atoms with Crippen LogP contribution in [0.1, 0.15) is 0 Å². The van der Waals surface area contributed by atoms with Crippen molar-refractivity contribution in [2.24, 2.45) is 0 Å². The fourth-order valence-corrected chi connectivity index (χ4v) is 1.22. The van der Waals surface area contributed by atoms with Gasteiger partial charge in [-0.25, -0.2) is 0 Å². The zero-order valence-electron chi connectivity index (χ0n) is 12.5. The van der Waals surface area contributed by atoms with E-state index in [4.69, 9.17) is 51.1 Å². The van der Waals surface area contributed by atoms with Gasteiger partial charge >= 0.3 is 0 Å². The third-order valence-electron chi connectivity index (χ3n) is 2.81. The Morgan fingerprint density at radius 3 is 1.50 bits per heavy atom. The van der Waals surface area contributed by atoms with Crippen LogP contribution in [0.25, 0.3) is 0 Å². The second-order valence-corrected chi connectivity index (χ2v) is 4.67. The SMILES string of the molecule is O=C(CO)[C@@H](O)[C@@H](O)[C@@H](O)CO.O=C[C@@H](O)[C@@H](O)[C@H](O)[C@H](O)CO. The van der Waals surface area contributed by atoms with E-state index in [1.165, 1.54) is 0 Å². The summed E-state index contributed by atoms with van der Waals surface area (Å²) in [5.41, 5.74) is 0. The molecule has 0 aliphatic heterocycles. The van der Waals surface area contributed by atoms with E-state index in [0.29, 0.717) is 0 Å². The minimum absolute atomic E-state index is 0.0258. The predicted octanol–water partition coefficient (Wildman–Crippen LogP) is -6.76. The smallest absolute Gasteiger partial charge is 0.189 e. The van der Waals surface area contributed by atoms with E-state index in [1.807, 2.05) is 0 Å². The molecule has 0 aromatic heterocycles. The molecule has 0 bridgehead atoms. The Kier molecular flexibility index (Phi) is 13.9. The maximum Gasteiger partial charge on any atom is 0.189 e. The van der Waals surface area contributed by atoms with Crippen molar-refractivity contribution < 1.29 is 60.7 Å². The van der Waals surface area contributed by atoms with Crippen molar-refractivity contribution in [3.8, 4) is 0 Å². The second-order valence-electron chi connectivity index (χ2n) is 4.67. The number of aliphatic hydroxyl groups excluding tert-OH is 10. The van der Waals surface area contributed by atoms with E-state index in [2.05, 4.69) is 0 Å².